The molecule has 1 unspecified atom stereocenters. The Morgan fingerprint density at radius 1 is 1.39 bits per heavy atom. The Labute approximate surface area is 104 Å². The zero-order valence-electron chi connectivity index (χ0n) is 10.1. The smallest absolute Gasteiger partial charge is 0.183 e. The number of hydrogen-bond donors (Lipinski definition) is 1. The van der Waals surface area contributed by atoms with Gasteiger partial charge in [0.2, 0.25) is 0 Å². The Bertz CT molecular complexity index is 490. The van der Waals surface area contributed by atoms with Crippen molar-refractivity contribution < 1.29 is 13.5 Å². The van der Waals surface area contributed by atoms with Crippen LogP contribution in [0.25, 0.3) is 0 Å². The van der Waals surface area contributed by atoms with E-state index in [2.05, 4.69) is 5.32 Å². The Morgan fingerprint density at radius 3 is 2.78 bits per heavy atom. The molecule has 5 heteroatoms. The second-order valence-corrected chi connectivity index (χ2v) is 4.74. The van der Waals surface area contributed by atoms with E-state index in [1.165, 1.54) is 12.1 Å². The molecular weight excluding hydrogens is 238 g/mol. The average molecular weight is 252 g/mol. The molecule has 1 atom stereocenters. The maximum Gasteiger partial charge on any atom is 0.183 e. The average Bonchev–Trinajstić information content (AvgIpc) is 2.36. The number of rotatable bonds is 2. The topological polar surface area (TPSA) is 45.0 Å². The van der Waals surface area contributed by atoms with Crippen molar-refractivity contribution >= 4 is 5.69 Å². The van der Waals surface area contributed by atoms with E-state index in [1.54, 1.807) is 6.07 Å². The summed E-state index contributed by atoms with van der Waals surface area (Å²) < 4.78 is 32.6. The van der Waals surface area contributed by atoms with Crippen LogP contribution in [0, 0.1) is 23.0 Å². The number of nitrogens with zero attached hydrogens (tertiary/aromatic N) is 1. The van der Waals surface area contributed by atoms with Crippen LogP contribution >= 0.6 is 0 Å². The van der Waals surface area contributed by atoms with Crippen molar-refractivity contribution in [1.29, 1.82) is 5.26 Å². The number of anilines is 1. The van der Waals surface area contributed by atoms with Gasteiger partial charge in [-0.1, -0.05) is 0 Å². The Kier molecular flexibility index (Phi) is 3.48. The summed E-state index contributed by atoms with van der Waals surface area (Å²) in [7, 11) is 0. The van der Waals surface area contributed by atoms with Gasteiger partial charge in [-0.05, 0) is 31.9 Å². The molecule has 3 nitrogen and oxygen atoms in total. The molecule has 1 heterocycles. The molecule has 1 aliphatic rings. The predicted octanol–water partition coefficient (Wildman–Crippen LogP) is 2.82. The summed E-state index contributed by atoms with van der Waals surface area (Å²) >= 11 is 0. The van der Waals surface area contributed by atoms with Gasteiger partial charge in [-0.2, -0.15) is 5.26 Å². The van der Waals surface area contributed by atoms with E-state index in [0.29, 0.717) is 13.2 Å². The first-order valence-electron chi connectivity index (χ1n) is 5.80. The zero-order valence-corrected chi connectivity index (χ0v) is 10.1. The predicted molar refractivity (Wildman–Crippen MR) is 63.2 cm³/mol. The minimum atomic E-state index is -1.11. The molecule has 1 N–H and O–H groups in total. The van der Waals surface area contributed by atoms with E-state index >= 15 is 0 Å². The first kappa shape index (κ1) is 12.8. The summed E-state index contributed by atoms with van der Waals surface area (Å²) in [5.41, 5.74) is -0.623. The molecule has 0 radical (unpaired) electrons. The highest BCUT2D eigenvalue weighted by molar-refractivity contribution is 5.51. The van der Waals surface area contributed by atoms with Crippen LogP contribution in [-0.2, 0) is 4.74 Å². The van der Waals surface area contributed by atoms with E-state index in [1.807, 2.05) is 6.92 Å². The van der Waals surface area contributed by atoms with Crippen LogP contribution in [0.1, 0.15) is 25.3 Å². The van der Waals surface area contributed by atoms with Crippen molar-refractivity contribution in [2.24, 2.45) is 0 Å². The van der Waals surface area contributed by atoms with Crippen LogP contribution in [0.15, 0.2) is 12.1 Å². The van der Waals surface area contributed by atoms with Gasteiger partial charge in [0.1, 0.15) is 6.07 Å². The molecule has 1 aliphatic heterocycles. The molecule has 2 rings (SSSR count). The number of benzene rings is 1. The Balaban J connectivity index is 2.24. The van der Waals surface area contributed by atoms with Gasteiger partial charge in [0.25, 0.3) is 0 Å². The van der Waals surface area contributed by atoms with Crippen molar-refractivity contribution in [2.75, 3.05) is 18.5 Å². The van der Waals surface area contributed by atoms with Gasteiger partial charge >= 0.3 is 0 Å². The van der Waals surface area contributed by atoms with E-state index in [-0.39, 0.29) is 11.3 Å². The highest BCUT2D eigenvalue weighted by Crippen LogP contribution is 2.27. The van der Waals surface area contributed by atoms with Crippen molar-refractivity contribution in [2.45, 2.75) is 25.3 Å². The summed E-state index contributed by atoms with van der Waals surface area (Å²) in [6.45, 7) is 3.05. The van der Waals surface area contributed by atoms with Gasteiger partial charge in [-0.3, -0.25) is 0 Å². The fourth-order valence-corrected chi connectivity index (χ4v) is 2.09. The maximum atomic E-state index is 13.7. The van der Waals surface area contributed by atoms with Gasteiger partial charge in [0, 0.05) is 6.61 Å². The molecular formula is C13H14F2N2O. The first-order chi connectivity index (χ1) is 8.56. The first-order valence-corrected chi connectivity index (χ1v) is 5.80. The summed E-state index contributed by atoms with van der Waals surface area (Å²) in [6.07, 6.45) is 1.71. The van der Waals surface area contributed by atoms with Crippen LogP contribution in [0.2, 0.25) is 0 Å². The third-order valence-electron chi connectivity index (χ3n) is 3.08. The van der Waals surface area contributed by atoms with E-state index < -0.39 is 17.2 Å². The standard InChI is InChI=1S/C13H14F2N2O/c1-13(5-2-6-18-8-13)17-10-4-3-9(7-16)11(14)12(10)15/h3-4,17H,2,5-6,8H2,1H3. The number of hydrogen-bond acceptors (Lipinski definition) is 3. The van der Waals surface area contributed by atoms with Gasteiger partial charge in [-0.15, -0.1) is 0 Å². The van der Waals surface area contributed by atoms with E-state index in [9.17, 15) is 8.78 Å². The van der Waals surface area contributed by atoms with Crippen LogP contribution < -0.4 is 5.32 Å². The number of halogens is 2. The van der Waals surface area contributed by atoms with Crippen molar-refractivity contribution in [3.63, 3.8) is 0 Å². The van der Waals surface area contributed by atoms with Gasteiger partial charge in [0.05, 0.1) is 23.4 Å². The molecule has 0 aromatic heterocycles. The van der Waals surface area contributed by atoms with Crippen molar-refractivity contribution in [3.8, 4) is 6.07 Å². The van der Waals surface area contributed by atoms with Crippen LogP contribution in [-0.4, -0.2) is 18.8 Å². The summed E-state index contributed by atoms with van der Waals surface area (Å²) in [6, 6.07) is 4.27. The molecule has 0 spiro atoms. The molecule has 0 amide bonds. The highest BCUT2D eigenvalue weighted by Gasteiger charge is 2.29. The second-order valence-electron chi connectivity index (χ2n) is 4.74. The highest BCUT2D eigenvalue weighted by atomic mass is 19.2. The maximum absolute atomic E-state index is 13.7. The molecule has 0 saturated carbocycles. The molecule has 0 bridgehead atoms. The molecule has 1 aromatic rings. The quantitative estimate of drug-likeness (QED) is 0.880. The second kappa shape index (κ2) is 4.91. The molecule has 0 aliphatic carbocycles. The summed E-state index contributed by atoms with van der Waals surface area (Å²) in [4.78, 5) is 0. The van der Waals surface area contributed by atoms with Crippen molar-refractivity contribution in [1.82, 2.24) is 0 Å². The number of ether oxygens (including phenoxy) is 1. The lowest BCUT2D eigenvalue weighted by molar-refractivity contribution is 0.0539. The molecule has 96 valence electrons. The summed E-state index contributed by atoms with van der Waals surface area (Å²) in [5, 5.41) is 11.6. The van der Waals surface area contributed by atoms with E-state index in [4.69, 9.17) is 10.00 Å². The van der Waals surface area contributed by atoms with Gasteiger partial charge < -0.3 is 10.1 Å². The van der Waals surface area contributed by atoms with Gasteiger partial charge in [-0.25, -0.2) is 8.78 Å². The molecule has 18 heavy (non-hydrogen) atoms. The van der Waals surface area contributed by atoms with Gasteiger partial charge in [0.15, 0.2) is 11.6 Å². The van der Waals surface area contributed by atoms with E-state index in [0.717, 1.165) is 12.8 Å². The largest absolute Gasteiger partial charge is 0.379 e. The normalized spacial score (nSPS) is 23.4. The third-order valence-corrected chi connectivity index (χ3v) is 3.08. The summed E-state index contributed by atoms with van der Waals surface area (Å²) in [5.74, 6) is -2.12. The van der Waals surface area contributed by atoms with Crippen LogP contribution in [0.5, 0.6) is 0 Å². The minimum Gasteiger partial charge on any atom is -0.379 e. The van der Waals surface area contributed by atoms with Crippen LogP contribution in [0.3, 0.4) is 0 Å². The number of nitrogens with one attached hydrogen (secondary N) is 1. The lowest BCUT2D eigenvalue weighted by atomic mass is 9.94. The monoisotopic (exact) mass is 252 g/mol. The molecule has 1 fully saturated rings. The molecule has 1 saturated heterocycles. The Hall–Kier alpha value is -1.67. The lowest BCUT2D eigenvalue weighted by Gasteiger charge is -2.35. The van der Waals surface area contributed by atoms with Crippen LogP contribution in [0.4, 0.5) is 14.5 Å². The molecule has 1 aromatic carbocycles. The fourth-order valence-electron chi connectivity index (χ4n) is 2.09. The van der Waals surface area contributed by atoms with Crippen molar-refractivity contribution in [3.05, 3.63) is 29.3 Å². The Morgan fingerprint density at radius 2 is 2.17 bits per heavy atom. The lowest BCUT2D eigenvalue weighted by Crippen LogP contribution is -2.43. The third kappa shape index (κ3) is 2.44. The minimum absolute atomic E-state index is 0.0690. The zero-order chi connectivity index (χ0) is 13.2. The SMILES string of the molecule is CC1(Nc2ccc(C#N)c(F)c2F)CCCOC1. The number of nitriles is 1. The fraction of sp³-hybridized carbons (Fsp3) is 0.462.